The number of rotatable bonds is 8. The molecule has 1 aromatic heterocycles. The number of likely N-dealkylation sites (N-methyl/N-ethyl adjacent to an activating group) is 1. The van der Waals surface area contributed by atoms with Crippen LogP contribution >= 0.6 is 0 Å². The van der Waals surface area contributed by atoms with E-state index in [1.807, 2.05) is 14.0 Å². The van der Waals surface area contributed by atoms with E-state index in [1.165, 1.54) is 5.56 Å². The van der Waals surface area contributed by atoms with Gasteiger partial charge in [0, 0.05) is 25.3 Å². The molecule has 0 aliphatic heterocycles. The first-order valence-electron chi connectivity index (χ1n) is 6.58. The third kappa shape index (κ3) is 4.12. The van der Waals surface area contributed by atoms with Crippen LogP contribution in [0.15, 0.2) is 10.5 Å². The number of nitrogens with one attached hydrogen (secondary N) is 1. The molecule has 1 aromatic rings. The minimum absolute atomic E-state index is 0.419. The van der Waals surface area contributed by atoms with Crippen molar-refractivity contribution in [3.05, 3.63) is 23.2 Å². The van der Waals surface area contributed by atoms with Gasteiger partial charge in [-0.3, -0.25) is 4.90 Å². The van der Waals surface area contributed by atoms with Gasteiger partial charge in [0.05, 0.1) is 13.2 Å². The lowest BCUT2D eigenvalue weighted by Gasteiger charge is -2.26. The number of nitrogens with zero attached hydrogens (tertiary/aromatic N) is 1. The molecule has 1 atom stereocenters. The molecule has 1 unspecified atom stereocenters. The zero-order valence-electron chi connectivity index (χ0n) is 12.2. The molecule has 1 rings (SSSR count). The summed E-state index contributed by atoms with van der Waals surface area (Å²) in [7, 11) is 3.68. The van der Waals surface area contributed by atoms with Gasteiger partial charge in [0.1, 0.15) is 11.5 Å². The van der Waals surface area contributed by atoms with Gasteiger partial charge in [0.25, 0.3) is 0 Å². The van der Waals surface area contributed by atoms with Crippen LogP contribution < -0.4 is 5.32 Å². The Morgan fingerprint density at radius 3 is 2.78 bits per heavy atom. The average molecular weight is 254 g/mol. The highest BCUT2D eigenvalue weighted by molar-refractivity contribution is 5.20. The Balaban J connectivity index is 2.68. The van der Waals surface area contributed by atoms with Crippen LogP contribution in [0.1, 0.15) is 30.9 Å². The van der Waals surface area contributed by atoms with Crippen LogP contribution in [-0.2, 0) is 17.8 Å². The van der Waals surface area contributed by atoms with Crippen LogP contribution in [-0.4, -0.2) is 38.3 Å². The van der Waals surface area contributed by atoms with E-state index in [4.69, 9.17) is 9.15 Å². The number of aryl methyl sites for hydroxylation is 1. The lowest BCUT2D eigenvalue weighted by molar-refractivity contribution is 0.0979. The Hall–Kier alpha value is -0.840. The van der Waals surface area contributed by atoms with Crippen LogP contribution in [0.5, 0.6) is 0 Å². The molecule has 0 aliphatic carbocycles. The van der Waals surface area contributed by atoms with Gasteiger partial charge in [-0.25, -0.2) is 0 Å². The highest BCUT2D eigenvalue weighted by atomic mass is 16.5. The van der Waals surface area contributed by atoms with Gasteiger partial charge in [-0.15, -0.1) is 0 Å². The Kier molecular flexibility index (Phi) is 6.39. The fraction of sp³-hybridized carbons (Fsp3) is 0.714. The molecule has 0 radical (unpaired) electrons. The van der Waals surface area contributed by atoms with Gasteiger partial charge in [-0.1, -0.05) is 6.92 Å². The summed E-state index contributed by atoms with van der Waals surface area (Å²) in [5, 5.41) is 3.11. The number of hydrogen-bond acceptors (Lipinski definition) is 4. The molecule has 0 bridgehead atoms. The van der Waals surface area contributed by atoms with E-state index < -0.39 is 0 Å². The molecule has 0 spiro atoms. The largest absolute Gasteiger partial charge is 0.465 e. The number of ether oxygens (including phenoxy) is 1. The second-order valence-corrected chi connectivity index (χ2v) is 4.69. The van der Waals surface area contributed by atoms with E-state index in [0.29, 0.717) is 6.04 Å². The predicted molar refractivity (Wildman–Crippen MR) is 73.6 cm³/mol. The normalized spacial score (nSPS) is 13.2. The summed E-state index contributed by atoms with van der Waals surface area (Å²) in [6.07, 6.45) is 0. The summed E-state index contributed by atoms with van der Waals surface area (Å²) in [4.78, 5) is 2.39. The van der Waals surface area contributed by atoms with Crippen molar-refractivity contribution in [3.63, 3.8) is 0 Å². The van der Waals surface area contributed by atoms with Gasteiger partial charge < -0.3 is 14.5 Å². The molecule has 0 aromatic carbocycles. The lowest BCUT2D eigenvalue weighted by atomic mass is 10.2. The second kappa shape index (κ2) is 7.56. The molecule has 0 aliphatic rings. The molecule has 0 fully saturated rings. The second-order valence-electron chi connectivity index (χ2n) is 4.69. The van der Waals surface area contributed by atoms with E-state index in [1.54, 1.807) is 7.11 Å². The molecule has 0 saturated carbocycles. The molecule has 104 valence electrons. The Morgan fingerprint density at radius 2 is 2.22 bits per heavy atom. The first-order chi connectivity index (χ1) is 8.62. The molecular formula is C14H26N2O2. The van der Waals surface area contributed by atoms with Crippen LogP contribution in [0.4, 0.5) is 0 Å². The van der Waals surface area contributed by atoms with E-state index >= 15 is 0 Å². The van der Waals surface area contributed by atoms with E-state index in [0.717, 1.165) is 37.8 Å². The fourth-order valence-electron chi connectivity index (χ4n) is 2.15. The van der Waals surface area contributed by atoms with Crippen molar-refractivity contribution in [3.8, 4) is 0 Å². The Morgan fingerprint density at radius 1 is 1.50 bits per heavy atom. The van der Waals surface area contributed by atoms with Crippen LogP contribution in [0, 0.1) is 6.92 Å². The minimum Gasteiger partial charge on any atom is -0.465 e. The number of methoxy groups -OCH3 is 1. The standard InChI is InChI=1S/C14H26N2O2/c1-6-16(11(2)10-17-5)9-13-7-14(8-15-4)18-12(13)3/h7,11,15H,6,8-10H2,1-5H3. The van der Waals surface area contributed by atoms with E-state index in [2.05, 4.69) is 30.1 Å². The zero-order valence-corrected chi connectivity index (χ0v) is 12.2. The molecule has 1 heterocycles. The molecule has 4 nitrogen and oxygen atoms in total. The van der Waals surface area contributed by atoms with Crippen LogP contribution in [0.25, 0.3) is 0 Å². The van der Waals surface area contributed by atoms with Crippen molar-refractivity contribution < 1.29 is 9.15 Å². The average Bonchev–Trinajstić information content (AvgIpc) is 2.67. The molecule has 1 N–H and O–H groups in total. The van der Waals surface area contributed by atoms with Crippen molar-refractivity contribution in [2.45, 2.75) is 39.9 Å². The third-order valence-electron chi connectivity index (χ3n) is 3.23. The fourth-order valence-corrected chi connectivity index (χ4v) is 2.15. The predicted octanol–water partition coefficient (Wildman–Crippen LogP) is 2.16. The molecule has 18 heavy (non-hydrogen) atoms. The van der Waals surface area contributed by atoms with Crippen molar-refractivity contribution in [2.24, 2.45) is 0 Å². The first-order valence-corrected chi connectivity index (χ1v) is 6.58. The number of furan rings is 1. The molecule has 0 amide bonds. The summed E-state index contributed by atoms with van der Waals surface area (Å²) in [6.45, 7) is 9.86. The van der Waals surface area contributed by atoms with Gasteiger partial charge in [-0.05, 0) is 33.5 Å². The van der Waals surface area contributed by atoms with Gasteiger partial charge in [0.2, 0.25) is 0 Å². The van der Waals surface area contributed by atoms with E-state index in [-0.39, 0.29) is 0 Å². The maximum Gasteiger partial charge on any atom is 0.118 e. The summed E-state index contributed by atoms with van der Waals surface area (Å²) < 4.78 is 10.9. The summed E-state index contributed by atoms with van der Waals surface area (Å²) in [5.41, 5.74) is 1.27. The van der Waals surface area contributed by atoms with Crippen LogP contribution in [0.3, 0.4) is 0 Å². The molecule has 4 heteroatoms. The highest BCUT2D eigenvalue weighted by Gasteiger charge is 2.15. The Bertz CT molecular complexity index is 350. The van der Waals surface area contributed by atoms with Gasteiger partial charge in [-0.2, -0.15) is 0 Å². The minimum atomic E-state index is 0.419. The maximum absolute atomic E-state index is 5.72. The molecule has 0 saturated heterocycles. The Labute approximate surface area is 110 Å². The zero-order chi connectivity index (χ0) is 13.5. The van der Waals surface area contributed by atoms with Crippen molar-refractivity contribution in [1.82, 2.24) is 10.2 Å². The maximum atomic E-state index is 5.72. The summed E-state index contributed by atoms with van der Waals surface area (Å²) >= 11 is 0. The third-order valence-corrected chi connectivity index (χ3v) is 3.23. The summed E-state index contributed by atoms with van der Waals surface area (Å²) in [5.74, 6) is 2.02. The highest BCUT2D eigenvalue weighted by Crippen LogP contribution is 2.18. The summed E-state index contributed by atoms with van der Waals surface area (Å²) in [6, 6.07) is 2.57. The monoisotopic (exact) mass is 254 g/mol. The van der Waals surface area contributed by atoms with Crippen molar-refractivity contribution in [1.29, 1.82) is 0 Å². The van der Waals surface area contributed by atoms with Crippen molar-refractivity contribution in [2.75, 3.05) is 27.3 Å². The topological polar surface area (TPSA) is 37.6 Å². The van der Waals surface area contributed by atoms with Crippen molar-refractivity contribution >= 4 is 0 Å². The first kappa shape index (κ1) is 15.2. The lowest BCUT2D eigenvalue weighted by Crippen LogP contribution is -2.35. The number of hydrogen-bond donors (Lipinski definition) is 1. The SMILES string of the molecule is CCN(Cc1cc(CNC)oc1C)C(C)COC. The quantitative estimate of drug-likeness (QED) is 0.771. The smallest absolute Gasteiger partial charge is 0.118 e. The molecular weight excluding hydrogens is 228 g/mol. The van der Waals surface area contributed by atoms with E-state index in [9.17, 15) is 0 Å². The van der Waals surface area contributed by atoms with Crippen LogP contribution in [0.2, 0.25) is 0 Å². The van der Waals surface area contributed by atoms with Gasteiger partial charge >= 0.3 is 0 Å². The van der Waals surface area contributed by atoms with Gasteiger partial charge in [0.15, 0.2) is 0 Å².